The van der Waals surface area contributed by atoms with Gasteiger partial charge in [-0.2, -0.15) is 0 Å². The molecule has 1 aliphatic heterocycles. The van der Waals surface area contributed by atoms with Crippen LogP contribution in [0.4, 0.5) is 11.4 Å². The number of esters is 1. The molecule has 2 amide bonds. The normalized spacial score (nSPS) is 16.1. The number of amides is 2. The number of para-hydroxylation sites is 1. The zero-order valence-electron chi connectivity index (χ0n) is 23.1. The van der Waals surface area contributed by atoms with Crippen molar-refractivity contribution in [2.45, 2.75) is 58.5 Å². The van der Waals surface area contributed by atoms with Gasteiger partial charge in [0.2, 0.25) is 5.91 Å². The lowest BCUT2D eigenvalue weighted by Crippen LogP contribution is -2.47. The van der Waals surface area contributed by atoms with Crippen LogP contribution in [0.25, 0.3) is 0 Å². The zero-order valence-corrected chi connectivity index (χ0v) is 23.9. The fourth-order valence-electron chi connectivity index (χ4n) is 5.08. The maximum atomic E-state index is 13.8. The van der Waals surface area contributed by atoms with Crippen LogP contribution in [0.3, 0.4) is 0 Å². The highest BCUT2D eigenvalue weighted by Crippen LogP contribution is 2.43. The number of nitrogens with zero attached hydrogens (tertiary/aromatic N) is 2. The van der Waals surface area contributed by atoms with E-state index in [1.165, 1.54) is 0 Å². The molecular weight excluding hydrogens is 528 g/mol. The van der Waals surface area contributed by atoms with Gasteiger partial charge >= 0.3 is 5.97 Å². The van der Waals surface area contributed by atoms with Gasteiger partial charge in [-0.25, -0.2) is 0 Å². The topological polar surface area (TPSA) is 76.2 Å². The summed E-state index contributed by atoms with van der Waals surface area (Å²) in [6.07, 6.45) is 1.79. The van der Waals surface area contributed by atoms with Gasteiger partial charge in [0.25, 0.3) is 5.91 Å². The van der Waals surface area contributed by atoms with Crippen LogP contribution in [0, 0.1) is 0 Å². The van der Waals surface area contributed by atoms with Crippen LogP contribution in [0.5, 0.6) is 5.75 Å². The molecule has 0 N–H and O–H groups in total. The predicted molar refractivity (Wildman–Crippen MR) is 157 cm³/mol. The molecule has 7 nitrogen and oxygen atoms in total. The third-order valence-electron chi connectivity index (χ3n) is 6.97. The Bertz CT molecular complexity index is 1330. The van der Waals surface area contributed by atoms with Crippen LogP contribution in [-0.2, 0) is 14.3 Å². The second kappa shape index (κ2) is 13.5. The lowest BCUT2D eigenvalue weighted by Gasteiger charge is -2.43. The fraction of sp³-hybridized carbons (Fsp3) is 0.344. The zero-order chi connectivity index (χ0) is 28.6. The van der Waals surface area contributed by atoms with E-state index >= 15 is 0 Å². The molecule has 0 fully saturated rings. The minimum absolute atomic E-state index is 0.00643. The fourth-order valence-corrected chi connectivity index (χ4v) is 5.20. The Hall–Kier alpha value is -3.84. The van der Waals surface area contributed by atoms with E-state index in [9.17, 15) is 14.4 Å². The third-order valence-corrected chi connectivity index (χ3v) is 7.22. The molecule has 4 rings (SSSR count). The number of hydrogen-bond acceptors (Lipinski definition) is 5. The van der Waals surface area contributed by atoms with Gasteiger partial charge in [0.15, 0.2) is 0 Å². The summed E-state index contributed by atoms with van der Waals surface area (Å²) in [5, 5.41) is 0.606. The lowest BCUT2D eigenvalue weighted by molar-refractivity contribution is -0.143. The number of carbonyl (C=O) groups excluding carboxylic acids is 3. The Kier molecular flexibility index (Phi) is 9.83. The number of anilines is 2. The smallest absolute Gasteiger partial charge is 0.305 e. The minimum Gasteiger partial charge on any atom is -0.494 e. The monoisotopic (exact) mass is 562 g/mol. The first-order valence-corrected chi connectivity index (χ1v) is 14.1. The van der Waals surface area contributed by atoms with E-state index in [0.29, 0.717) is 55.2 Å². The SMILES string of the molecule is CCOC(=O)CCCOc1ccc(C(=O)N2c3ccccc3[C@@H](N(C(=O)CC)c3ccc(Cl)cc3)C[C@H]2C)cc1. The van der Waals surface area contributed by atoms with Crippen molar-refractivity contribution in [3.63, 3.8) is 0 Å². The number of carbonyl (C=O) groups is 3. The molecule has 210 valence electrons. The maximum absolute atomic E-state index is 13.8. The Labute approximate surface area is 240 Å². The van der Waals surface area contributed by atoms with Gasteiger partial charge < -0.3 is 19.3 Å². The van der Waals surface area contributed by atoms with E-state index in [2.05, 4.69) is 0 Å². The quantitative estimate of drug-likeness (QED) is 0.197. The van der Waals surface area contributed by atoms with Crippen LogP contribution in [0.15, 0.2) is 72.8 Å². The van der Waals surface area contributed by atoms with Crippen molar-refractivity contribution in [2.75, 3.05) is 23.0 Å². The molecule has 1 aliphatic rings. The third kappa shape index (κ3) is 6.65. The molecule has 0 saturated carbocycles. The van der Waals surface area contributed by atoms with Gasteiger partial charge in [0.1, 0.15) is 5.75 Å². The van der Waals surface area contributed by atoms with Gasteiger partial charge in [0.05, 0.1) is 19.3 Å². The molecule has 0 spiro atoms. The number of halogens is 1. The predicted octanol–water partition coefficient (Wildman–Crippen LogP) is 6.99. The first-order valence-electron chi connectivity index (χ1n) is 13.7. The number of fused-ring (bicyclic) bond motifs is 1. The summed E-state index contributed by atoms with van der Waals surface area (Å²) in [6.45, 7) is 6.39. The first-order chi connectivity index (χ1) is 19.3. The molecule has 0 bridgehead atoms. The molecule has 3 aromatic rings. The van der Waals surface area contributed by atoms with Crippen LogP contribution >= 0.6 is 11.6 Å². The van der Waals surface area contributed by atoms with Gasteiger partial charge in [-0.1, -0.05) is 36.7 Å². The first kappa shape index (κ1) is 29.2. The lowest BCUT2D eigenvalue weighted by atomic mass is 9.89. The van der Waals surface area contributed by atoms with E-state index in [4.69, 9.17) is 21.1 Å². The summed E-state index contributed by atoms with van der Waals surface area (Å²) < 4.78 is 10.7. The van der Waals surface area contributed by atoms with Crippen molar-refractivity contribution < 1.29 is 23.9 Å². The van der Waals surface area contributed by atoms with Crippen molar-refractivity contribution in [1.29, 1.82) is 0 Å². The van der Waals surface area contributed by atoms with E-state index in [-0.39, 0.29) is 29.9 Å². The standard InChI is InChI=1S/C32H35ClN2O5/c1-4-30(36)35(25-16-14-24(33)15-17-25)29-21-22(3)34(28-10-7-6-9-27(28)29)32(38)23-12-18-26(19-13-23)40-20-8-11-31(37)39-5-2/h6-7,9-10,12-19,22,29H,4-5,8,11,20-21H2,1-3H3/t22-,29+/m1/s1. The highest BCUT2D eigenvalue weighted by atomic mass is 35.5. The molecule has 2 atom stereocenters. The number of ether oxygens (including phenoxy) is 2. The molecule has 0 radical (unpaired) electrons. The van der Waals surface area contributed by atoms with E-state index in [1.54, 1.807) is 43.3 Å². The number of hydrogen-bond donors (Lipinski definition) is 0. The van der Waals surface area contributed by atoms with Crippen LogP contribution in [0.2, 0.25) is 5.02 Å². The number of rotatable bonds is 10. The second-order valence-electron chi connectivity index (χ2n) is 9.71. The molecule has 40 heavy (non-hydrogen) atoms. The van der Waals surface area contributed by atoms with Crippen molar-refractivity contribution in [2.24, 2.45) is 0 Å². The largest absolute Gasteiger partial charge is 0.494 e. The Morgan fingerprint density at radius 3 is 2.35 bits per heavy atom. The van der Waals surface area contributed by atoms with Crippen molar-refractivity contribution in [3.8, 4) is 5.75 Å². The highest BCUT2D eigenvalue weighted by molar-refractivity contribution is 6.30. The summed E-state index contributed by atoms with van der Waals surface area (Å²) in [5.74, 6) is 0.281. The molecule has 8 heteroatoms. The summed E-state index contributed by atoms with van der Waals surface area (Å²) in [7, 11) is 0. The van der Waals surface area contributed by atoms with Gasteiger partial charge in [-0.3, -0.25) is 14.4 Å². The molecule has 0 unspecified atom stereocenters. The Morgan fingerprint density at radius 2 is 1.68 bits per heavy atom. The molecular formula is C32H35ClN2O5. The van der Waals surface area contributed by atoms with Crippen LogP contribution in [-0.4, -0.2) is 37.0 Å². The molecule has 0 saturated heterocycles. The van der Waals surface area contributed by atoms with Gasteiger partial charge in [0, 0.05) is 40.8 Å². The maximum Gasteiger partial charge on any atom is 0.305 e. The molecule has 1 heterocycles. The van der Waals surface area contributed by atoms with Crippen molar-refractivity contribution in [3.05, 3.63) is 88.9 Å². The van der Waals surface area contributed by atoms with Crippen LogP contribution < -0.4 is 14.5 Å². The average molecular weight is 563 g/mol. The number of benzene rings is 3. The highest BCUT2D eigenvalue weighted by Gasteiger charge is 2.38. The van der Waals surface area contributed by atoms with E-state index in [1.807, 2.05) is 60.0 Å². The Morgan fingerprint density at radius 1 is 0.975 bits per heavy atom. The summed E-state index contributed by atoms with van der Waals surface area (Å²) in [6, 6.07) is 21.7. The van der Waals surface area contributed by atoms with Crippen molar-refractivity contribution in [1.82, 2.24) is 0 Å². The summed E-state index contributed by atoms with van der Waals surface area (Å²) in [5.41, 5.74) is 3.03. The average Bonchev–Trinajstić information content (AvgIpc) is 2.96. The van der Waals surface area contributed by atoms with E-state index < -0.39 is 0 Å². The van der Waals surface area contributed by atoms with E-state index in [0.717, 1.165) is 16.9 Å². The van der Waals surface area contributed by atoms with Crippen LogP contribution in [0.1, 0.15) is 68.4 Å². The molecule has 0 aromatic heterocycles. The second-order valence-corrected chi connectivity index (χ2v) is 10.1. The summed E-state index contributed by atoms with van der Waals surface area (Å²) >= 11 is 6.12. The van der Waals surface area contributed by atoms with Crippen molar-refractivity contribution >= 4 is 40.8 Å². The van der Waals surface area contributed by atoms with Gasteiger partial charge in [-0.15, -0.1) is 0 Å². The molecule has 3 aromatic carbocycles. The Balaban J connectivity index is 1.54. The summed E-state index contributed by atoms with van der Waals surface area (Å²) in [4.78, 5) is 42.1. The minimum atomic E-state index is -0.236. The van der Waals surface area contributed by atoms with Gasteiger partial charge in [-0.05, 0) is 86.8 Å². The molecule has 0 aliphatic carbocycles.